The number of aliphatic hydroxyl groups is 2. The number of nitrogens with zero attached hydrogens (tertiary/aromatic N) is 4. The molecule has 21 nitrogen and oxygen atoms in total. The quantitative estimate of drug-likeness (QED) is 0.0271. The van der Waals surface area contributed by atoms with Crippen LogP contribution in [0.3, 0.4) is 0 Å². The van der Waals surface area contributed by atoms with Crippen LogP contribution in [0, 0.1) is 0 Å². The molecule has 0 saturated heterocycles. The van der Waals surface area contributed by atoms with E-state index in [1.165, 1.54) is 21.3 Å². The highest BCUT2D eigenvalue weighted by atomic mass is 79.9. The molecule has 0 heterocycles. The van der Waals surface area contributed by atoms with E-state index in [2.05, 4.69) is 91.7 Å². The molecule has 0 aliphatic heterocycles. The van der Waals surface area contributed by atoms with E-state index in [0.29, 0.717) is 61.0 Å². The number of ether oxygens (including phenoxy) is 3. The molecule has 4 aliphatic rings. The molecule has 0 radical (unpaired) electrons. The second-order valence-electron chi connectivity index (χ2n) is 32.8. The predicted molar refractivity (Wildman–Crippen MR) is 589 cm³/mol. The van der Waals surface area contributed by atoms with E-state index in [4.69, 9.17) is 24.3 Å². The number of allylic oxidation sites excluding steroid dienone is 11. The van der Waals surface area contributed by atoms with Crippen molar-refractivity contribution < 1.29 is 82.9 Å². The average Bonchev–Trinajstić information content (AvgIpc) is 0.749. The predicted octanol–water partition coefficient (Wildman–Crippen LogP) is 24.3. The maximum atomic E-state index is 13.5. The Morgan fingerprint density at radius 2 is 0.397 bits per heavy atom. The summed E-state index contributed by atoms with van der Waals surface area (Å²) >= 11 is 9.27. The van der Waals surface area contributed by atoms with Crippen LogP contribution in [0.2, 0.25) is 0 Å². The Labute approximate surface area is 870 Å². The van der Waals surface area contributed by atoms with Crippen LogP contribution in [-0.4, -0.2) is 112 Å². The standard InChI is InChI=1S/C32H25NO3.C30H21NO4.C26H20BrNO3.C18H16BNO2.C8H6Br2O3.C6H7BO2/c1-22-28(23-12-6-3-7-13-23)31(35)32(36-2)29(30(22)34)24-18-20-27(21-19-24)33(25-14-8-4-9-15-25)26-16-10-5-11-17-26;32-27-25(20-10-4-1-5-11-20)28(33)30(35)26(29(27)34)21-16-18-24(19-17-21)31(22-12-6-2-7-13-22)23-14-8-3-9-15-23;1-17-23(27)25(30)26(31-2)22(24(17)29)18-13-15-21(16-14-18)28(19-9-5-3-6-10-19)20-11-7-4-8-12-20;21-19(22)15-11-13-18(14-12-15)20(16-7-3-1-4-8-16)17-9-5-2-6-10-17;1-3-4(9)7(12)8(13-2)5(10)6(3)11;8-7(9)6-4-2-1-3-5-6/h3-21H,1-2H3;1-19,32,35H;3-16H,1-2H3;1-14,21-22H;1-2H3;1-5,8-9H. The molecule has 0 amide bonds. The zero-order valence-electron chi connectivity index (χ0n) is 79.7. The van der Waals surface area contributed by atoms with Gasteiger partial charge < -0.3 is 64.1 Å². The number of carbonyl (C=O) groups is 8. The molecule has 0 spiro atoms. The minimum absolute atomic E-state index is 0.0440. The van der Waals surface area contributed by atoms with Crippen molar-refractivity contribution in [1.82, 2.24) is 0 Å². The summed E-state index contributed by atoms with van der Waals surface area (Å²) in [4.78, 5) is 110. The van der Waals surface area contributed by atoms with Gasteiger partial charge >= 0.3 is 14.2 Å². The average molecular weight is 2130 g/mol. The second-order valence-corrected chi connectivity index (χ2v) is 35.1. The van der Waals surface area contributed by atoms with Crippen LogP contribution >= 0.6 is 47.8 Å². The molecule has 0 fully saturated rings. The number of ketones is 8. The molecule has 19 rings (SSSR count). The van der Waals surface area contributed by atoms with Crippen molar-refractivity contribution >= 4 is 215 Å². The molecule has 0 unspecified atom stereocenters. The van der Waals surface area contributed by atoms with Crippen LogP contribution in [-0.2, 0) is 52.6 Å². The first kappa shape index (κ1) is 105. The lowest BCUT2D eigenvalue weighted by molar-refractivity contribution is -0.117. The van der Waals surface area contributed by atoms with E-state index in [9.17, 15) is 58.6 Å². The van der Waals surface area contributed by atoms with Gasteiger partial charge in [0, 0.05) is 90.5 Å². The maximum absolute atomic E-state index is 13.5. The van der Waals surface area contributed by atoms with E-state index < -0.39 is 37.3 Å². The van der Waals surface area contributed by atoms with Crippen LogP contribution in [0.4, 0.5) is 68.2 Å². The van der Waals surface area contributed by atoms with Crippen molar-refractivity contribution in [3.63, 3.8) is 0 Å². The topological polar surface area (TPSA) is 299 Å². The highest BCUT2D eigenvalue weighted by molar-refractivity contribution is 9.12. The van der Waals surface area contributed by atoms with Crippen LogP contribution in [0.5, 0.6) is 0 Å². The van der Waals surface area contributed by atoms with Crippen molar-refractivity contribution in [2.75, 3.05) is 40.9 Å². The number of anilines is 12. The van der Waals surface area contributed by atoms with Gasteiger partial charge in [-0.1, -0.05) is 285 Å². The van der Waals surface area contributed by atoms with Crippen molar-refractivity contribution in [3.05, 3.63) is 517 Å². The van der Waals surface area contributed by atoms with Crippen molar-refractivity contribution in [2.24, 2.45) is 0 Å². The second kappa shape index (κ2) is 49.7. The number of carbonyl (C=O) groups excluding carboxylic acids is 8. The largest absolute Gasteiger partial charge is 0.504 e. The molecule has 0 saturated carbocycles. The van der Waals surface area contributed by atoms with Gasteiger partial charge in [0.1, 0.15) is 4.48 Å². The Kier molecular flexibility index (Phi) is 35.8. The van der Waals surface area contributed by atoms with Gasteiger partial charge in [-0.15, -0.1) is 0 Å². The lowest BCUT2D eigenvalue weighted by atomic mass is 9.80. The highest BCUT2D eigenvalue weighted by Crippen LogP contribution is 2.45. The number of para-hydroxylation sites is 8. The normalized spacial score (nSPS) is 13.5. The number of hydrogen-bond donors (Lipinski definition) is 6. The van der Waals surface area contributed by atoms with Gasteiger partial charge in [0.25, 0.3) is 0 Å². The fourth-order valence-electron chi connectivity index (χ4n) is 16.3. The third kappa shape index (κ3) is 24.2. The Morgan fingerprint density at radius 1 is 0.199 bits per heavy atom. The molecular formula is C120H95B2Br3N4O17. The van der Waals surface area contributed by atoms with Gasteiger partial charge in [-0.2, -0.15) is 0 Å². The van der Waals surface area contributed by atoms with Gasteiger partial charge in [0.15, 0.2) is 40.4 Å². The first-order chi connectivity index (χ1) is 70.7. The summed E-state index contributed by atoms with van der Waals surface area (Å²) in [5.41, 5.74) is 17.1. The summed E-state index contributed by atoms with van der Waals surface area (Å²) in [5.74, 6) is -4.35. The fourth-order valence-corrected chi connectivity index (χ4v) is 17.7. The number of benzene rings is 15. The lowest BCUT2D eigenvalue weighted by Gasteiger charge is -2.26. The van der Waals surface area contributed by atoms with Gasteiger partial charge in [-0.3, -0.25) is 38.4 Å². The number of methoxy groups -OCH3 is 3. The third-order valence-corrected chi connectivity index (χ3v) is 26.2. The SMILES string of the molecule is COC1=C(Br)C(=O)C(C)=C(Br)C1=O.COC1=C(c2ccc(N(c3ccccc3)c3ccccc3)cc2)C(=O)C(C)=C(Br)C1=O.COC1=C(c2ccc(N(c3ccccc3)c3ccccc3)cc2)C(=O)C(C)=C(c2ccccc2)C1=O.O=C1C(O)=C(c2ccc(N(c3ccccc3)c3ccccc3)cc2)C(=O)C(O)=C1c1ccccc1.OB(O)c1ccc(N(c2ccccc2)c2ccccc2)cc1.OB(O)c1ccccc1. The van der Waals surface area contributed by atoms with Gasteiger partial charge in [0.05, 0.1) is 52.6 Å². The lowest BCUT2D eigenvalue weighted by Crippen LogP contribution is -2.29. The summed E-state index contributed by atoms with van der Waals surface area (Å²) in [6.07, 6.45) is 0. The summed E-state index contributed by atoms with van der Waals surface area (Å²) in [6.45, 7) is 4.92. The first-order valence-electron chi connectivity index (χ1n) is 45.8. The van der Waals surface area contributed by atoms with Crippen molar-refractivity contribution in [2.45, 2.75) is 20.8 Å². The zero-order valence-corrected chi connectivity index (χ0v) is 84.5. The molecule has 0 aromatic heterocycles. The summed E-state index contributed by atoms with van der Waals surface area (Å²) in [7, 11) is 1.40. The summed E-state index contributed by atoms with van der Waals surface area (Å²) in [5, 5.41) is 56.9. The number of Topliss-reactive ketones (excluding diaryl/α,β-unsaturated/α-hetero) is 8. The van der Waals surface area contributed by atoms with Gasteiger partial charge in [-0.05, 0) is 253 Å². The van der Waals surface area contributed by atoms with Crippen LogP contribution in [0.15, 0.2) is 490 Å². The third-order valence-electron chi connectivity index (χ3n) is 23.6. The molecule has 0 atom stereocenters. The number of hydrogen-bond acceptors (Lipinski definition) is 21. The monoisotopic (exact) mass is 2120 g/mol. The minimum Gasteiger partial charge on any atom is -0.504 e. The number of halogens is 3. The molecule has 15 aromatic rings. The van der Waals surface area contributed by atoms with Crippen LogP contribution in [0.1, 0.15) is 48.6 Å². The Hall–Kier alpha value is -16.8. The summed E-state index contributed by atoms with van der Waals surface area (Å²) < 4.78 is 16.3. The number of rotatable bonds is 22. The fraction of sp³-hybridized carbons (Fsp3) is 0.0500. The highest BCUT2D eigenvalue weighted by Gasteiger charge is 2.39. The smallest absolute Gasteiger partial charge is 0.488 e. The zero-order chi connectivity index (χ0) is 104. The van der Waals surface area contributed by atoms with Gasteiger partial charge in [-0.25, -0.2) is 0 Å². The Bertz CT molecular complexity index is 7370. The van der Waals surface area contributed by atoms with E-state index in [-0.39, 0.29) is 87.7 Å². The van der Waals surface area contributed by atoms with Crippen LogP contribution < -0.4 is 30.5 Å². The van der Waals surface area contributed by atoms with Crippen LogP contribution in [0.25, 0.3) is 27.9 Å². The molecule has 15 aromatic carbocycles. The van der Waals surface area contributed by atoms with E-state index >= 15 is 0 Å². The van der Waals surface area contributed by atoms with E-state index in [1.807, 2.05) is 315 Å². The van der Waals surface area contributed by atoms with E-state index in [1.54, 1.807) is 112 Å². The van der Waals surface area contributed by atoms with E-state index in [0.717, 1.165) is 68.2 Å². The Balaban J connectivity index is 0.000000145. The molecular weight excluding hydrogens is 2030 g/mol. The molecule has 0 bridgehead atoms. The maximum Gasteiger partial charge on any atom is 0.488 e. The minimum atomic E-state index is -1.45. The molecule has 26 heteroatoms. The summed E-state index contributed by atoms with van der Waals surface area (Å²) in [6, 6.07) is 136. The van der Waals surface area contributed by atoms with Gasteiger partial charge in [0.2, 0.25) is 34.7 Å². The molecule has 4 aliphatic carbocycles. The number of aliphatic hydroxyl groups excluding tert-OH is 2. The van der Waals surface area contributed by atoms with Crippen molar-refractivity contribution in [1.29, 1.82) is 0 Å². The Morgan fingerprint density at radius 3 is 0.658 bits per heavy atom. The van der Waals surface area contributed by atoms with Crippen molar-refractivity contribution in [3.8, 4) is 0 Å². The molecule has 146 heavy (non-hydrogen) atoms. The molecule has 724 valence electrons. The molecule has 6 N–H and O–H groups in total. The first-order valence-corrected chi connectivity index (χ1v) is 48.2.